The minimum atomic E-state index is -1.01. The van der Waals surface area contributed by atoms with Crippen LogP contribution in [0.25, 0.3) is 10.9 Å². The molecule has 2 aromatic heterocycles. The summed E-state index contributed by atoms with van der Waals surface area (Å²) in [6.45, 7) is 0. The van der Waals surface area contributed by atoms with E-state index < -0.39 is 12.1 Å². The lowest BCUT2D eigenvalue weighted by Gasteiger charge is -2.14. The number of benzene rings is 1. The van der Waals surface area contributed by atoms with Crippen molar-refractivity contribution in [3.05, 3.63) is 59.0 Å². The second kappa shape index (κ2) is 6.19. The summed E-state index contributed by atoms with van der Waals surface area (Å²) in [5.74, 6) is -0.591. The molecule has 3 rings (SSSR count). The Morgan fingerprint density at radius 3 is 2.95 bits per heavy atom. The predicted octanol–water partition coefficient (Wildman–Crippen LogP) is 3.40. The number of hydrogen-bond acceptors (Lipinski definition) is 3. The second-order valence-corrected chi connectivity index (χ2v) is 5.76. The van der Waals surface area contributed by atoms with E-state index in [2.05, 4.69) is 25.9 Å². The standard InChI is InChI=1S/C16H13BrN2O3/c17-11-6-12(9-18-8-11)22-15(16(20)21)5-10-7-19-14-4-2-1-3-13(10)14/h1-4,6-9,15,19H,5H2,(H,20,21). The number of fused-ring (bicyclic) bond motifs is 1. The SMILES string of the molecule is O=C(O)C(Cc1c[nH]c2ccccc12)Oc1cncc(Br)c1. The fraction of sp³-hybridized carbons (Fsp3) is 0.125. The first-order chi connectivity index (χ1) is 10.6. The smallest absolute Gasteiger partial charge is 0.345 e. The molecule has 0 amide bonds. The van der Waals surface area contributed by atoms with Crippen LogP contribution in [0.1, 0.15) is 5.56 Å². The first-order valence-electron chi connectivity index (χ1n) is 6.68. The molecule has 112 valence electrons. The lowest BCUT2D eigenvalue weighted by atomic mass is 10.1. The topological polar surface area (TPSA) is 75.2 Å². The van der Waals surface area contributed by atoms with Gasteiger partial charge in [-0.3, -0.25) is 4.98 Å². The molecule has 1 unspecified atom stereocenters. The van der Waals surface area contributed by atoms with Gasteiger partial charge >= 0.3 is 5.97 Å². The van der Waals surface area contributed by atoms with Crippen LogP contribution in [-0.2, 0) is 11.2 Å². The quantitative estimate of drug-likeness (QED) is 0.731. The van der Waals surface area contributed by atoms with Gasteiger partial charge in [-0.05, 0) is 33.6 Å². The molecule has 22 heavy (non-hydrogen) atoms. The van der Waals surface area contributed by atoms with Gasteiger partial charge in [-0.15, -0.1) is 0 Å². The summed E-state index contributed by atoms with van der Waals surface area (Å²) in [6, 6.07) is 9.46. The number of aromatic amines is 1. The average molecular weight is 361 g/mol. The number of carbonyl (C=O) groups is 1. The lowest BCUT2D eigenvalue weighted by Crippen LogP contribution is -2.29. The summed E-state index contributed by atoms with van der Waals surface area (Å²) in [4.78, 5) is 18.6. The number of rotatable bonds is 5. The Hall–Kier alpha value is -2.34. The monoisotopic (exact) mass is 360 g/mol. The number of ether oxygens (including phenoxy) is 1. The van der Waals surface area contributed by atoms with Crippen LogP contribution in [0.4, 0.5) is 0 Å². The van der Waals surface area contributed by atoms with Gasteiger partial charge in [0.1, 0.15) is 5.75 Å². The van der Waals surface area contributed by atoms with Crippen LogP contribution in [0.2, 0.25) is 0 Å². The van der Waals surface area contributed by atoms with Crippen molar-refractivity contribution in [3.63, 3.8) is 0 Å². The van der Waals surface area contributed by atoms with Crippen molar-refractivity contribution in [1.29, 1.82) is 0 Å². The molecule has 3 aromatic rings. The third-order valence-corrected chi connectivity index (χ3v) is 3.75. The number of para-hydroxylation sites is 1. The maximum atomic E-state index is 11.5. The summed E-state index contributed by atoms with van der Waals surface area (Å²) < 4.78 is 6.31. The highest BCUT2D eigenvalue weighted by atomic mass is 79.9. The van der Waals surface area contributed by atoms with Gasteiger partial charge in [0.05, 0.1) is 6.20 Å². The maximum Gasteiger partial charge on any atom is 0.345 e. The zero-order valence-electron chi connectivity index (χ0n) is 11.5. The molecule has 0 aliphatic carbocycles. The van der Waals surface area contributed by atoms with Crippen molar-refractivity contribution in [1.82, 2.24) is 9.97 Å². The van der Waals surface area contributed by atoms with E-state index in [4.69, 9.17) is 4.74 Å². The fourth-order valence-electron chi connectivity index (χ4n) is 2.30. The highest BCUT2D eigenvalue weighted by Gasteiger charge is 2.22. The van der Waals surface area contributed by atoms with Gasteiger partial charge in [-0.25, -0.2) is 4.79 Å². The Bertz CT molecular complexity index is 816. The number of H-pyrrole nitrogens is 1. The van der Waals surface area contributed by atoms with Crippen molar-refractivity contribution in [3.8, 4) is 5.75 Å². The van der Waals surface area contributed by atoms with E-state index >= 15 is 0 Å². The van der Waals surface area contributed by atoms with Crippen molar-refractivity contribution in [2.75, 3.05) is 0 Å². The molecule has 0 aliphatic heterocycles. The van der Waals surface area contributed by atoms with E-state index in [-0.39, 0.29) is 6.42 Å². The number of pyridine rings is 1. The van der Waals surface area contributed by atoms with Crippen molar-refractivity contribution in [2.45, 2.75) is 12.5 Å². The van der Waals surface area contributed by atoms with Gasteiger partial charge in [-0.2, -0.15) is 0 Å². The number of nitrogens with one attached hydrogen (secondary N) is 1. The van der Waals surface area contributed by atoms with Crippen LogP contribution in [-0.4, -0.2) is 27.1 Å². The van der Waals surface area contributed by atoms with E-state index in [0.717, 1.165) is 20.9 Å². The Labute approximate surface area is 135 Å². The Balaban J connectivity index is 1.84. The van der Waals surface area contributed by atoms with E-state index in [0.29, 0.717) is 5.75 Å². The Morgan fingerprint density at radius 2 is 2.18 bits per heavy atom. The molecule has 0 saturated carbocycles. The Kier molecular flexibility index (Phi) is 4.11. The molecule has 0 aliphatic rings. The van der Waals surface area contributed by atoms with Gasteiger partial charge < -0.3 is 14.8 Å². The number of hydrogen-bond donors (Lipinski definition) is 2. The largest absolute Gasteiger partial charge is 0.478 e. The van der Waals surface area contributed by atoms with Crippen LogP contribution >= 0.6 is 15.9 Å². The van der Waals surface area contributed by atoms with Crippen LogP contribution in [0.3, 0.4) is 0 Å². The molecule has 2 N–H and O–H groups in total. The zero-order chi connectivity index (χ0) is 15.5. The van der Waals surface area contributed by atoms with Gasteiger partial charge in [0.25, 0.3) is 0 Å². The molecule has 1 aromatic carbocycles. The van der Waals surface area contributed by atoms with Crippen molar-refractivity contribution < 1.29 is 14.6 Å². The van der Waals surface area contributed by atoms with E-state index in [1.165, 1.54) is 6.20 Å². The van der Waals surface area contributed by atoms with Crippen LogP contribution < -0.4 is 4.74 Å². The van der Waals surface area contributed by atoms with Gasteiger partial charge in [-0.1, -0.05) is 18.2 Å². The highest BCUT2D eigenvalue weighted by Crippen LogP contribution is 2.22. The summed E-state index contributed by atoms with van der Waals surface area (Å²) in [7, 11) is 0. The lowest BCUT2D eigenvalue weighted by molar-refractivity contribution is -0.145. The summed E-state index contributed by atoms with van der Waals surface area (Å²) in [6.07, 6.45) is 4.23. The first kappa shape index (κ1) is 14.6. The van der Waals surface area contributed by atoms with E-state index in [1.807, 2.05) is 30.5 Å². The van der Waals surface area contributed by atoms with Crippen molar-refractivity contribution >= 4 is 32.8 Å². The molecule has 0 saturated heterocycles. The number of halogens is 1. The molecule has 1 atom stereocenters. The predicted molar refractivity (Wildman–Crippen MR) is 86.0 cm³/mol. The molecule has 2 heterocycles. The normalized spacial score (nSPS) is 12.2. The van der Waals surface area contributed by atoms with Gasteiger partial charge in [0, 0.05) is 34.2 Å². The molecule has 0 fully saturated rings. The number of aromatic nitrogens is 2. The van der Waals surface area contributed by atoms with Crippen LogP contribution in [0.15, 0.2) is 53.4 Å². The number of aliphatic carboxylic acids is 1. The Morgan fingerprint density at radius 1 is 1.36 bits per heavy atom. The molecule has 0 radical (unpaired) electrons. The number of carboxylic acid groups (broad SMARTS) is 1. The molecule has 5 nitrogen and oxygen atoms in total. The van der Waals surface area contributed by atoms with E-state index in [1.54, 1.807) is 12.3 Å². The molecular formula is C16H13BrN2O3. The zero-order valence-corrected chi connectivity index (χ0v) is 13.1. The molecular weight excluding hydrogens is 348 g/mol. The number of carboxylic acids is 1. The first-order valence-corrected chi connectivity index (χ1v) is 7.48. The minimum absolute atomic E-state index is 0.270. The van der Waals surface area contributed by atoms with Crippen molar-refractivity contribution in [2.24, 2.45) is 0 Å². The molecule has 0 spiro atoms. The summed E-state index contributed by atoms with van der Waals surface area (Å²) in [5, 5.41) is 10.4. The highest BCUT2D eigenvalue weighted by molar-refractivity contribution is 9.10. The molecule has 0 bridgehead atoms. The number of nitrogens with zero attached hydrogens (tertiary/aromatic N) is 1. The summed E-state index contributed by atoms with van der Waals surface area (Å²) in [5.41, 5.74) is 1.89. The minimum Gasteiger partial charge on any atom is -0.478 e. The van der Waals surface area contributed by atoms with E-state index in [9.17, 15) is 9.90 Å². The third kappa shape index (κ3) is 3.12. The average Bonchev–Trinajstić information content (AvgIpc) is 2.90. The van der Waals surface area contributed by atoms with Crippen LogP contribution in [0, 0.1) is 0 Å². The van der Waals surface area contributed by atoms with Gasteiger partial charge in [0.2, 0.25) is 0 Å². The fourth-order valence-corrected chi connectivity index (χ4v) is 2.64. The molecule has 6 heteroatoms. The maximum absolute atomic E-state index is 11.5. The second-order valence-electron chi connectivity index (χ2n) is 4.85. The van der Waals surface area contributed by atoms with Gasteiger partial charge in [0.15, 0.2) is 6.10 Å². The third-order valence-electron chi connectivity index (χ3n) is 3.31. The van der Waals surface area contributed by atoms with Crippen LogP contribution in [0.5, 0.6) is 5.75 Å². The summed E-state index contributed by atoms with van der Waals surface area (Å²) >= 11 is 3.29.